The lowest BCUT2D eigenvalue weighted by Crippen LogP contribution is -2.33. The first-order valence-corrected chi connectivity index (χ1v) is 9.59. The number of nitrogens with one attached hydrogen (secondary N) is 1. The molecule has 4 nitrogen and oxygen atoms in total. The molecule has 0 fully saturated rings. The Morgan fingerprint density at radius 1 is 0.852 bits per heavy atom. The highest BCUT2D eigenvalue weighted by Gasteiger charge is 2.04. The molecule has 0 spiro atoms. The molecule has 0 radical (unpaired) electrons. The van der Waals surface area contributed by atoms with Gasteiger partial charge in [0.25, 0.3) is 0 Å². The molecule has 27 heavy (non-hydrogen) atoms. The van der Waals surface area contributed by atoms with Crippen LogP contribution in [0.3, 0.4) is 0 Å². The van der Waals surface area contributed by atoms with Crippen molar-refractivity contribution in [2.45, 2.75) is 77.2 Å². The molecule has 0 saturated heterocycles. The fraction of sp³-hybridized carbons (Fsp3) is 0.609. The summed E-state index contributed by atoms with van der Waals surface area (Å²) in [5.74, 6) is 23.9. The van der Waals surface area contributed by atoms with E-state index in [0.29, 0.717) is 38.5 Å². The third-order valence-corrected chi connectivity index (χ3v) is 3.39. The maximum atomic E-state index is 11.4. The van der Waals surface area contributed by atoms with Crippen molar-refractivity contribution < 1.29 is 15.0 Å². The average molecular weight is 370 g/mol. The second-order valence-electron chi connectivity index (χ2n) is 5.90. The van der Waals surface area contributed by atoms with E-state index in [1.165, 1.54) is 19.3 Å². The van der Waals surface area contributed by atoms with Crippen molar-refractivity contribution in [3.8, 4) is 47.4 Å². The number of unbranched alkanes of at least 4 members (excludes halogenated alkanes) is 4. The number of aliphatic hydroxyl groups is 2. The number of hydrogen-bond donors (Lipinski definition) is 3. The van der Waals surface area contributed by atoms with Gasteiger partial charge in [0.1, 0.15) is 0 Å². The van der Waals surface area contributed by atoms with Crippen molar-refractivity contribution in [3.63, 3.8) is 0 Å². The smallest absolute Gasteiger partial charge is 0.220 e. The molecule has 4 heteroatoms. The van der Waals surface area contributed by atoms with E-state index in [9.17, 15) is 4.79 Å². The average Bonchev–Trinajstić information content (AvgIpc) is 2.68. The first-order valence-electron chi connectivity index (χ1n) is 9.59. The van der Waals surface area contributed by atoms with Crippen LogP contribution in [0.25, 0.3) is 0 Å². The van der Waals surface area contributed by atoms with Crippen LogP contribution in [-0.2, 0) is 4.79 Å². The zero-order valence-corrected chi connectivity index (χ0v) is 16.4. The standard InChI is InChI=1S/C23H31NO3/c1-2-3-4-5-6-7-8-9-10-11-12-13-14-15-16-17-18-19-23(27)24-20-22(26)21-25/h22,25-26H,2-5,8,11,14,17-21H2,1H3,(H,24,27). The number of carbonyl (C=O) groups excluding carboxylic acids is 1. The summed E-state index contributed by atoms with van der Waals surface area (Å²) in [7, 11) is 0. The molecule has 0 aliphatic carbocycles. The van der Waals surface area contributed by atoms with Crippen molar-refractivity contribution in [1.82, 2.24) is 5.32 Å². The molecular weight excluding hydrogens is 338 g/mol. The zero-order chi connectivity index (χ0) is 20.0. The van der Waals surface area contributed by atoms with E-state index in [2.05, 4.69) is 59.6 Å². The third-order valence-electron chi connectivity index (χ3n) is 3.39. The van der Waals surface area contributed by atoms with E-state index in [1.807, 2.05) is 0 Å². The largest absolute Gasteiger partial charge is 0.394 e. The van der Waals surface area contributed by atoms with Crippen molar-refractivity contribution in [3.05, 3.63) is 0 Å². The van der Waals surface area contributed by atoms with Gasteiger partial charge in [-0.15, -0.1) is 11.8 Å². The van der Waals surface area contributed by atoms with Crippen molar-refractivity contribution in [2.24, 2.45) is 0 Å². The Morgan fingerprint density at radius 3 is 1.89 bits per heavy atom. The summed E-state index contributed by atoms with van der Waals surface area (Å²) in [5, 5.41) is 20.3. The fourth-order valence-electron chi connectivity index (χ4n) is 1.87. The van der Waals surface area contributed by atoms with Gasteiger partial charge in [-0.05, 0) is 12.8 Å². The highest BCUT2D eigenvalue weighted by atomic mass is 16.3. The number of hydrogen-bond acceptors (Lipinski definition) is 3. The lowest BCUT2D eigenvalue weighted by molar-refractivity contribution is -0.121. The Hall–Kier alpha value is -2.37. The maximum Gasteiger partial charge on any atom is 0.220 e. The van der Waals surface area contributed by atoms with Gasteiger partial charge in [0.2, 0.25) is 5.91 Å². The van der Waals surface area contributed by atoms with E-state index >= 15 is 0 Å². The molecule has 0 aliphatic heterocycles. The van der Waals surface area contributed by atoms with Gasteiger partial charge in [0.15, 0.2) is 0 Å². The Bertz CT molecular complexity index is 638. The predicted octanol–water partition coefficient (Wildman–Crippen LogP) is 2.39. The summed E-state index contributed by atoms with van der Waals surface area (Å²) < 4.78 is 0. The Labute approximate surface area is 164 Å². The van der Waals surface area contributed by atoms with Crippen LogP contribution in [0.4, 0.5) is 0 Å². The quantitative estimate of drug-likeness (QED) is 0.432. The highest BCUT2D eigenvalue weighted by Crippen LogP contribution is 1.96. The van der Waals surface area contributed by atoms with Gasteiger partial charge in [0.05, 0.1) is 32.0 Å². The van der Waals surface area contributed by atoms with Gasteiger partial charge >= 0.3 is 0 Å². The number of rotatable bonds is 9. The second-order valence-corrected chi connectivity index (χ2v) is 5.90. The monoisotopic (exact) mass is 369 g/mol. The molecule has 1 atom stereocenters. The molecule has 0 aromatic carbocycles. The summed E-state index contributed by atoms with van der Waals surface area (Å²) in [6.45, 7) is 1.90. The minimum Gasteiger partial charge on any atom is -0.394 e. The molecule has 1 amide bonds. The van der Waals surface area contributed by atoms with Crippen LogP contribution in [-0.4, -0.2) is 35.4 Å². The topological polar surface area (TPSA) is 69.6 Å². The molecule has 0 bridgehead atoms. The first kappa shape index (κ1) is 24.6. The third kappa shape index (κ3) is 19.8. The normalized spacial score (nSPS) is 9.89. The summed E-state index contributed by atoms with van der Waals surface area (Å²) in [4.78, 5) is 11.4. The summed E-state index contributed by atoms with van der Waals surface area (Å²) in [5.41, 5.74) is 0. The fourth-order valence-corrected chi connectivity index (χ4v) is 1.87. The van der Waals surface area contributed by atoms with Crippen LogP contribution in [0, 0.1) is 47.4 Å². The molecule has 3 N–H and O–H groups in total. The van der Waals surface area contributed by atoms with Crippen LogP contribution in [0.15, 0.2) is 0 Å². The van der Waals surface area contributed by atoms with Gasteiger partial charge in [-0.3, -0.25) is 4.79 Å². The van der Waals surface area contributed by atoms with Crippen LogP contribution in [0.2, 0.25) is 0 Å². The Kier molecular flexibility index (Phi) is 18.2. The Morgan fingerprint density at radius 2 is 1.37 bits per heavy atom. The highest BCUT2D eigenvalue weighted by molar-refractivity contribution is 5.75. The van der Waals surface area contributed by atoms with Gasteiger partial charge in [0, 0.05) is 25.8 Å². The zero-order valence-electron chi connectivity index (χ0n) is 16.4. The molecular formula is C23H31NO3. The van der Waals surface area contributed by atoms with Crippen molar-refractivity contribution in [1.29, 1.82) is 0 Å². The number of aliphatic hydroxyl groups excluding tert-OH is 2. The van der Waals surface area contributed by atoms with Gasteiger partial charge < -0.3 is 15.5 Å². The molecule has 0 rings (SSSR count). The molecule has 0 heterocycles. The lowest BCUT2D eigenvalue weighted by Gasteiger charge is -2.08. The summed E-state index contributed by atoms with van der Waals surface area (Å²) in [6, 6.07) is 0. The number of carbonyl (C=O) groups is 1. The van der Waals surface area contributed by atoms with Crippen LogP contribution in [0.1, 0.15) is 71.1 Å². The number of amides is 1. The van der Waals surface area contributed by atoms with Crippen LogP contribution >= 0.6 is 0 Å². The Balaban J connectivity index is 3.64. The first-order chi connectivity index (χ1) is 13.2. The molecule has 1 unspecified atom stereocenters. The van der Waals surface area contributed by atoms with E-state index in [1.54, 1.807) is 0 Å². The van der Waals surface area contributed by atoms with Crippen LogP contribution < -0.4 is 5.32 Å². The lowest BCUT2D eigenvalue weighted by atomic mass is 10.2. The summed E-state index contributed by atoms with van der Waals surface area (Å²) in [6.07, 6.45) is 7.00. The second kappa shape index (κ2) is 19.9. The van der Waals surface area contributed by atoms with Gasteiger partial charge in [-0.2, -0.15) is 0 Å². The molecule has 0 aliphatic rings. The van der Waals surface area contributed by atoms with E-state index < -0.39 is 6.10 Å². The minimum absolute atomic E-state index is 0.0744. The van der Waals surface area contributed by atoms with Crippen molar-refractivity contribution >= 4 is 5.91 Å². The minimum atomic E-state index is -0.902. The van der Waals surface area contributed by atoms with Crippen molar-refractivity contribution in [2.75, 3.05) is 13.2 Å². The van der Waals surface area contributed by atoms with E-state index in [4.69, 9.17) is 10.2 Å². The molecule has 146 valence electrons. The van der Waals surface area contributed by atoms with Crippen LogP contribution in [0.5, 0.6) is 0 Å². The maximum absolute atomic E-state index is 11.4. The van der Waals surface area contributed by atoms with Gasteiger partial charge in [-0.25, -0.2) is 0 Å². The van der Waals surface area contributed by atoms with E-state index in [0.717, 1.165) is 6.42 Å². The summed E-state index contributed by atoms with van der Waals surface area (Å²) >= 11 is 0. The molecule has 0 aromatic rings. The predicted molar refractivity (Wildman–Crippen MR) is 109 cm³/mol. The molecule has 0 aromatic heterocycles. The SMILES string of the molecule is CCCCCC#CCC#CCC#CCC#CCCCC(=O)NCC(O)CO. The van der Waals surface area contributed by atoms with Gasteiger partial charge in [-0.1, -0.05) is 55.3 Å². The van der Waals surface area contributed by atoms with E-state index in [-0.39, 0.29) is 19.1 Å². The molecule has 0 saturated carbocycles.